The molecule has 96 valence electrons. The van der Waals surface area contributed by atoms with Gasteiger partial charge in [-0.3, -0.25) is 0 Å². The van der Waals surface area contributed by atoms with Crippen molar-refractivity contribution in [3.63, 3.8) is 0 Å². The molecule has 0 radical (unpaired) electrons. The average molecular weight is 286 g/mol. The van der Waals surface area contributed by atoms with E-state index in [1.807, 2.05) is 6.92 Å². The molecule has 0 saturated heterocycles. The van der Waals surface area contributed by atoms with Crippen molar-refractivity contribution >= 4 is 23.2 Å². The van der Waals surface area contributed by atoms with Crippen LogP contribution in [0.15, 0.2) is 22.7 Å². The van der Waals surface area contributed by atoms with Crippen LogP contribution in [0.3, 0.4) is 0 Å². The van der Waals surface area contributed by atoms with Gasteiger partial charge in [0.2, 0.25) is 0 Å². The molecule has 0 amide bonds. The molecule has 0 unspecified atom stereocenters. The minimum atomic E-state index is -0.143. The summed E-state index contributed by atoms with van der Waals surface area (Å²) in [6.45, 7) is 1.89. The number of aryl methyl sites for hydroxylation is 1. The van der Waals surface area contributed by atoms with Crippen LogP contribution in [-0.2, 0) is 13.0 Å². The first-order valence-electron chi connectivity index (χ1n) is 5.71. The minimum absolute atomic E-state index is 0.143. The van der Waals surface area contributed by atoms with Gasteiger partial charge in [-0.15, -0.1) is 0 Å². The molecule has 0 fully saturated rings. The fourth-order valence-corrected chi connectivity index (χ4v) is 2.43. The van der Waals surface area contributed by atoms with E-state index in [1.54, 1.807) is 18.2 Å². The normalized spacial score (nSPS) is 10.9. The Labute approximate surface area is 115 Å². The van der Waals surface area contributed by atoms with Gasteiger partial charge in [0.25, 0.3) is 0 Å². The Hall–Kier alpha value is -1.03. The van der Waals surface area contributed by atoms with Gasteiger partial charge in [0.05, 0.1) is 16.7 Å². The highest BCUT2D eigenvalue weighted by atomic mass is 35.5. The van der Waals surface area contributed by atoms with E-state index >= 15 is 0 Å². The highest BCUT2D eigenvalue weighted by molar-refractivity contribution is 6.39. The highest BCUT2D eigenvalue weighted by Gasteiger charge is 2.20. The maximum absolute atomic E-state index is 9.47. The summed E-state index contributed by atoms with van der Waals surface area (Å²) in [6.07, 6.45) is 1.64. The SMILES string of the molecule is CCCc1onc(-c2c(Cl)cccc2Cl)c1CO. The molecule has 0 bridgehead atoms. The molecule has 18 heavy (non-hydrogen) atoms. The summed E-state index contributed by atoms with van der Waals surface area (Å²) in [5.41, 5.74) is 1.79. The zero-order valence-corrected chi connectivity index (χ0v) is 11.4. The monoisotopic (exact) mass is 285 g/mol. The number of hydrogen-bond acceptors (Lipinski definition) is 3. The Kier molecular flexibility index (Phi) is 4.27. The summed E-state index contributed by atoms with van der Waals surface area (Å²) in [4.78, 5) is 0. The lowest BCUT2D eigenvalue weighted by Crippen LogP contribution is -1.92. The van der Waals surface area contributed by atoms with Gasteiger partial charge >= 0.3 is 0 Å². The number of rotatable bonds is 4. The minimum Gasteiger partial charge on any atom is -0.391 e. The molecular weight excluding hydrogens is 273 g/mol. The van der Waals surface area contributed by atoms with E-state index in [2.05, 4.69) is 5.16 Å². The topological polar surface area (TPSA) is 46.3 Å². The molecule has 0 aliphatic rings. The third-order valence-corrected chi connectivity index (χ3v) is 3.33. The highest BCUT2D eigenvalue weighted by Crippen LogP contribution is 2.36. The first kappa shape index (κ1) is 13.4. The van der Waals surface area contributed by atoms with Gasteiger partial charge in [-0.25, -0.2) is 0 Å². The van der Waals surface area contributed by atoms with Crippen molar-refractivity contribution in [2.45, 2.75) is 26.4 Å². The van der Waals surface area contributed by atoms with Crippen LogP contribution in [0.4, 0.5) is 0 Å². The summed E-state index contributed by atoms with van der Waals surface area (Å²) in [5, 5.41) is 14.5. The van der Waals surface area contributed by atoms with E-state index < -0.39 is 0 Å². The number of aliphatic hydroxyl groups excluding tert-OH is 1. The van der Waals surface area contributed by atoms with Crippen molar-refractivity contribution in [1.29, 1.82) is 0 Å². The lowest BCUT2D eigenvalue weighted by atomic mass is 10.0. The van der Waals surface area contributed by atoms with E-state index in [9.17, 15) is 5.11 Å². The van der Waals surface area contributed by atoms with E-state index in [1.165, 1.54) is 0 Å². The second kappa shape index (κ2) is 5.74. The summed E-state index contributed by atoms with van der Waals surface area (Å²) in [7, 11) is 0. The number of aliphatic hydroxyl groups is 1. The van der Waals surface area contributed by atoms with Crippen molar-refractivity contribution in [3.05, 3.63) is 39.6 Å². The van der Waals surface area contributed by atoms with Crippen LogP contribution >= 0.6 is 23.2 Å². The van der Waals surface area contributed by atoms with Gasteiger partial charge in [0.15, 0.2) is 0 Å². The number of benzene rings is 1. The van der Waals surface area contributed by atoms with E-state index in [-0.39, 0.29) is 6.61 Å². The smallest absolute Gasteiger partial charge is 0.142 e. The molecule has 3 nitrogen and oxygen atoms in total. The summed E-state index contributed by atoms with van der Waals surface area (Å²) < 4.78 is 5.26. The van der Waals surface area contributed by atoms with Crippen molar-refractivity contribution < 1.29 is 9.63 Å². The molecule has 5 heteroatoms. The van der Waals surface area contributed by atoms with Crippen molar-refractivity contribution in [2.24, 2.45) is 0 Å². The van der Waals surface area contributed by atoms with Gasteiger partial charge < -0.3 is 9.63 Å². The summed E-state index contributed by atoms with van der Waals surface area (Å²) in [5.74, 6) is 0.686. The zero-order valence-electron chi connectivity index (χ0n) is 9.91. The van der Waals surface area contributed by atoms with Crippen LogP contribution < -0.4 is 0 Å². The third kappa shape index (κ3) is 2.39. The van der Waals surface area contributed by atoms with Gasteiger partial charge in [-0.1, -0.05) is 41.3 Å². The van der Waals surface area contributed by atoms with Crippen LogP contribution in [0.1, 0.15) is 24.7 Å². The molecule has 0 aliphatic carbocycles. The van der Waals surface area contributed by atoms with E-state index in [0.717, 1.165) is 12.8 Å². The van der Waals surface area contributed by atoms with Crippen molar-refractivity contribution in [1.82, 2.24) is 5.16 Å². The Balaban J connectivity index is 2.57. The zero-order chi connectivity index (χ0) is 13.1. The van der Waals surface area contributed by atoms with Crippen LogP contribution in [0, 0.1) is 0 Å². The summed E-state index contributed by atoms with van der Waals surface area (Å²) >= 11 is 12.3. The molecule has 0 saturated carbocycles. The second-order valence-corrected chi connectivity index (χ2v) is 4.75. The molecule has 2 rings (SSSR count). The van der Waals surface area contributed by atoms with Gasteiger partial charge in [0, 0.05) is 17.5 Å². The van der Waals surface area contributed by atoms with Crippen LogP contribution in [0.5, 0.6) is 0 Å². The Bertz CT molecular complexity index is 532. The molecule has 0 aliphatic heterocycles. The molecule has 1 N–H and O–H groups in total. The standard InChI is InChI=1S/C13H13Cl2NO2/c1-2-4-11-8(7-17)13(16-18-11)12-9(14)5-3-6-10(12)15/h3,5-6,17H,2,4,7H2,1H3. The predicted molar refractivity (Wildman–Crippen MR) is 71.9 cm³/mol. The Morgan fingerprint density at radius 3 is 2.50 bits per heavy atom. The Morgan fingerprint density at radius 1 is 1.28 bits per heavy atom. The molecule has 1 aromatic heterocycles. The fraction of sp³-hybridized carbons (Fsp3) is 0.308. The summed E-state index contributed by atoms with van der Waals surface area (Å²) in [6, 6.07) is 5.23. The van der Waals surface area contributed by atoms with Crippen molar-refractivity contribution in [3.8, 4) is 11.3 Å². The van der Waals surface area contributed by atoms with Gasteiger partial charge in [0.1, 0.15) is 11.5 Å². The first-order valence-corrected chi connectivity index (χ1v) is 6.47. The van der Waals surface area contributed by atoms with Crippen LogP contribution in [0.25, 0.3) is 11.3 Å². The fourth-order valence-electron chi connectivity index (χ4n) is 1.85. The lowest BCUT2D eigenvalue weighted by molar-refractivity contribution is 0.277. The van der Waals surface area contributed by atoms with Crippen molar-refractivity contribution in [2.75, 3.05) is 0 Å². The van der Waals surface area contributed by atoms with Crippen LogP contribution in [0.2, 0.25) is 10.0 Å². The first-order chi connectivity index (χ1) is 8.69. The number of hydrogen-bond donors (Lipinski definition) is 1. The average Bonchev–Trinajstić information content (AvgIpc) is 2.72. The number of halogens is 2. The van der Waals surface area contributed by atoms with Crippen LogP contribution in [-0.4, -0.2) is 10.3 Å². The number of aromatic nitrogens is 1. The van der Waals surface area contributed by atoms with Gasteiger partial charge in [-0.2, -0.15) is 0 Å². The van der Waals surface area contributed by atoms with Gasteiger partial charge in [-0.05, 0) is 18.6 Å². The maximum Gasteiger partial charge on any atom is 0.142 e. The third-order valence-electron chi connectivity index (χ3n) is 2.70. The largest absolute Gasteiger partial charge is 0.391 e. The molecular formula is C13H13Cl2NO2. The maximum atomic E-state index is 9.47. The van der Waals surface area contributed by atoms with E-state index in [4.69, 9.17) is 27.7 Å². The quantitative estimate of drug-likeness (QED) is 0.920. The second-order valence-electron chi connectivity index (χ2n) is 3.94. The predicted octanol–water partition coefficient (Wildman–Crippen LogP) is 4.09. The Morgan fingerprint density at radius 2 is 1.94 bits per heavy atom. The lowest BCUT2D eigenvalue weighted by Gasteiger charge is -2.05. The molecule has 1 aromatic carbocycles. The number of nitrogens with zero attached hydrogens (tertiary/aromatic N) is 1. The van der Waals surface area contributed by atoms with E-state index in [0.29, 0.717) is 32.6 Å². The molecule has 2 aromatic rings. The molecule has 0 atom stereocenters. The molecule has 0 spiro atoms. The molecule has 1 heterocycles.